The summed E-state index contributed by atoms with van der Waals surface area (Å²) in [6.45, 7) is 0. The second-order valence-corrected chi connectivity index (χ2v) is 10.6. The number of fused-ring (bicyclic) bond motifs is 1. The highest BCUT2D eigenvalue weighted by Crippen LogP contribution is 2.47. The average Bonchev–Trinajstić information content (AvgIpc) is 3.46. The summed E-state index contributed by atoms with van der Waals surface area (Å²) in [5.74, 6) is -2.33. The second-order valence-electron chi connectivity index (χ2n) is 9.07. The fourth-order valence-electron chi connectivity index (χ4n) is 4.88. The van der Waals surface area contributed by atoms with Crippen molar-refractivity contribution in [2.45, 2.75) is 17.0 Å². The maximum absolute atomic E-state index is 13.7. The molecule has 4 aromatic rings. The summed E-state index contributed by atoms with van der Waals surface area (Å²) in [5, 5.41) is 1.53. The van der Waals surface area contributed by atoms with Crippen molar-refractivity contribution in [2.24, 2.45) is 5.92 Å². The number of nitrogens with zero attached hydrogens (tertiary/aromatic N) is 2. The van der Waals surface area contributed by atoms with Crippen molar-refractivity contribution in [3.05, 3.63) is 121 Å². The highest BCUT2D eigenvalue weighted by Gasteiger charge is 2.60. The largest absolute Gasteiger partial charge is 0.379 e. The SMILES string of the molecule is O=C1[C@@H]2[C@H](ON(c3ccccc3)[C@@H]2c2ccc(OS(=O)(=O)c3ccccc3)cc2)C(=O)N1c1ccc(F)cc1. The van der Waals surface area contributed by atoms with Gasteiger partial charge in [0, 0.05) is 0 Å². The van der Waals surface area contributed by atoms with Crippen molar-refractivity contribution in [3.63, 3.8) is 0 Å². The molecular weight excluding hydrogens is 523 g/mol. The molecule has 0 aromatic heterocycles. The molecule has 0 spiro atoms. The molecule has 3 atom stereocenters. The molecule has 196 valence electrons. The molecule has 6 rings (SSSR count). The summed E-state index contributed by atoms with van der Waals surface area (Å²) in [4.78, 5) is 34.1. The first-order chi connectivity index (χ1) is 18.8. The van der Waals surface area contributed by atoms with Crippen LogP contribution in [0, 0.1) is 11.7 Å². The zero-order valence-corrected chi connectivity index (χ0v) is 21.1. The average molecular weight is 545 g/mol. The number of amides is 2. The molecule has 0 radical (unpaired) electrons. The monoisotopic (exact) mass is 544 g/mol. The van der Waals surface area contributed by atoms with Crippen LogP contribution in [0.4, 0.5) is 15.8 Å². The number of hydrogen-bond donors (Lipinski definition) is 0. The summed E-state index contributed by atoms with van der Waals surface area (Å²) in [7, 11) is -4.04. The zero-order valence-electron chi connectivity index (χ0n) is 20.3. The predicted molar refractivity (Wildman–Crippen MR) is 140 cm³/mol. The first-order valence-electron chi connectivity index (χ1n) is 12.1. The number of halogens is 1. The van der Waals surface area contributed by atoms with Crippen LogP contribution in [0.5, 0.6) is 5.75 Å². The van der Waals surface area contributed by atoms with Gasteiger partial charge >= 0.3 is 10.1 Å². The summed E-state index contributed by atoms with van der Waals surface area (Å²) < 4.78 is 44.1. The van der Waals surface area contributed by atoms with Gasteiger partial charge in [-0.25, -0.2) is 14.4 Å². The first-order valence-corrected chi connectivity index (χ1v) is 13.5. The van der Waals surface area contributed by atoms with Gasteiger partial charge in [-0.1, -0.05) is 48.5 Å². The van der Waals surface area contributed by atoms with E-state index in [2.05, 4.69) is 0 Å². The van der Waals surface area contributed by atoms with Gasteiger partial charge < -0.3 is 4.18 Å². The van der Waals surface area contributed by atoms with Gasteiger partial charge in [0.2, 0.25) is 5.91 Å². The highest BCUT2D eigenvalue weighted by molar-refractivity contribution is 7.87. The van der Waals surface area contributed by atoms with Gasteiger partial charge in [-0.05, 0) is 66.2 Å². The number of anilines is 2. The molecule has 2 saturated heterocycles. The van der Waals surface area contributed by atoms with E-state index < -0.39 is 45.8 Å². The van der Waals surface area contributed by atoms with Gasteiger partial charge in [0.15, 0.2) is 6.10 Å². The molecule has 10 heteroatoms. The van der Waals surface area contributed by atoms with Crippen LogP contribution in [-0.4, -0.2) is 26.3 Å². The van der Waals surface area contributed by atoms with Crippen molar-refractivity contribution in [1.82, 2.24) is 0 Å². The number of benzene rings is 4. The molecule has 4 aromatic carbocycles. The van der Waals surface area contributed by atoms with Crippen LogP contribution in [0.15, 0.2) is 114 Å². The molecule has 39 heavy (non-hydrogen) atoms. The third kappa shape index (κ3) is 4.43. The standard InChI is InChI=1S/C29H21FN2O6S/c30-20-13-15-21(16-14-20)31-28(33)25-26(32(37-27(25)29(31)34)22-7-3-1-4-8-22)19-11-17-23(18-12-19)38-39(35,36)24-9-5-2-6-10-24/h1-18,25-27H/t25-,26+,27-/m0/s1. The maximum atomic E-state index is 13.7. The number of rotatable bonds is 6. The third-order valence-electron chi connectivity index (χ3n) is 6.67. The van der Waals surface area contributed by atoms with Gasteiger partial charge in [0.25, 0.3) is 5.91 Å². The molecular formula is C29H21FN2O6S. The van der Waals surface area contributed by atoms with Crippen LogP contribution >= 0.6 is 0 Å². The Balaban J connectivity index is 1.34. The lowest BCUT2D eigenvalue weighted by atomic mass is 9.90. The number of carbonyl (C=O) groups excluding carboxylic acids is 2. The Morgan fingerprint density at radius 1 is 0.718 bits per heavy atom. The van der Waals surface area contributed by atoms with E-state index in [1.807, 2.05) is 18.2 Å². The van der Waals surface area contributed by atoms with Crippen molar-refractivity contribution < 1.29 is 31.4 Å². The van der Waals surface area contributed by atoms with E-state index in [0.717, 1.165) is 4.90 Å². The zero-order chi connectivity index (χ0) is 27.1. The van der Waals surface area contributed by atoms with E-state index in [1.165, 1.54) is 53.6 Å². The molecule has 2 heterocycles. The Morgan fingerprint density at radius 3 is 1.97 bits per heavy atom. The molecule has 2 aliphatic rings. The van der Waals surface area contributed by atoms with Crippen LogP contribution in [0.25, 0.3) is 0 Å². The minimum Gasteiger partial charge on any atom is -0.379 e. The highest BCUT2D eigenvalue weighted by atomic mass is 32.2. The summed E-state index contributed by atoms with van der Waals surface area (Å²) in [6, 6.07) is 27.5. The van der Waals surface area contributed by atoms with Gasteiger partial charge in [-0.3, -0.25) is 14.4 Å². The van der Waals surface area contributed by atoms with Gasteiger partial charge in [-0.15, -0.1) is 0 Å². The number of para-hydroxylation sites is 1. The molecule has 0 saturated carbocycles. The van der Waals surface area contributed by atoms with E-state index in [9.17, 15) is 22.4 Å². The van der Waals surface area contributed by atoms with E-state index in [-0.39, 0.29) is 16.3 Å². The molecule has 0 unspecified atom stereocenters. The lowest BCUT2D eigenvalue weighted by Gasteiger charge is -2.28. The Morgan fingerprint density at radius 2 is 1.33 bits per heavy atom. The van der Waals surface area contributed by atoms with E-state index in [4.69, 9.17) is 9.02 Å². The fraction of sp³-hybridized carbons (Fsp3) is 0.103. The van der Waals surface area contributed by atoms with E-state index in [0.29, 0.717) is 11.3 Å². The Hall–Kier alpha value is -4.54. The summed E-state index contributed by atoms with van der Waals surface area (Å²) in [6.07, 6.45) is -1.10. The van der Waals surface area contributed by atoms with Crippen LogP contribution in [-0.2, 0) is 24.5 Å². The maximum Gasteiger partial charge on any atom is 0.339 e. The third-order valence-corrected chi connectivity index (χ3v) is 7.93. The molecule has 2 amide bonds. The quantitative estimate of drug-likeness (QED) is 0.258. The number of hydroxylamine groups is 1. The van der Waals surface area contributed by atoms with Crippen LogP contribution < -0.4 is 14.1 Å². The van der Waals surface area contributed by atoms with Crippen molar-refractivity contribution in [2.75, 3.05) is 9.96 Å². The molecule has 8 nitrogen and oxygen atoms in total. The van der Waals surface area contributed by atoms with Gasteiger partial charge in [0.05, 0.1) is 17.4 Å². The molecule has 2 aliphatic heterocycles. The number of carbonyl (C=O) groups is 2. The molecule has 0 bridgehead atoms. The van der Waals surface area contributed by atoms with Crippen molar-refractivity contribution in [3.8, 4) is 5.75 Å². The lowest BCUT2D eigenvalue weighted by molar-refractivity contribution is -0.126. The van der Waals surface area contributed by atoms with Crippen molar-refractivity contribution >= 4 is 33.3 Å². The van der Waals surface area contributed by atoms with E-state index >= 15 is 0 Å². The topological polar surface area (TPSA) is 93.2 Å². The molecule has 2 fully saturated rings. The Kier molecular flexibility index (Phi) is 6.13. The van der Waals surface area contributed by atoms with Crippen molar-refractivity contribution in [1.29, 1.82) is 0 Å². The lowest BCUT2D eigenvalue weighted by Crippen LogP contribution is -2.37. The minimum absolute atomic E-state index is 0.0207. The summed E-state index contributed by atoms with van der Waals surface area (Å²) >= 11 is 0. The van der Waals surface area contributed by atoms with Crippen LogP contribution in [0.3, 0.4) is 0 Å². The van der Waals surface area contributed by atoms with Crippen LogP contribution in [0.1, 0.15) is 11.6 Å². The second kappa shape index (κ2) is 9.64. The van der Waals surface area contributed by atoms with Crippen LogP contribution in [0.2, 0.25) is 0 Å². The minimum atomic E-state index is -4.04. The van der Waals surface area contributed by atoms with Gasteiger partial charge in [0.1, 0.15) is 22.4 Å². The first kappa shape index (κ1) is 24.8. The number of imide groups is 1. The smallest absolute Gasteiger partial charge is 0.339 e. The Bertz CT molecular complexity index is 1630. The Labute approximate surface area is 223 Å². The summed E-state index contributed by atoms with van der Waals surface area (Å²) in [5.41, 5.74) is 1.50. The molecule has 0 N–H and O–H groups in total. The predicted octanol–water partition coefficient (Wildman–Crippen LogP) is 4.64. The number of hydrogen-bond acceptors (Lipinski definition) is 7. The normalized spacial score (nSPS) is 20.8. The van der Waals surface area contributed by atoms with E-state index in [1.54, 1.807) is 42.5 Å². The molecule has 0 aliphatic carbocycles. The van der Waals surface area contributed by atoms with Gasteiger partial charge in [-0.2, -0.15) is 8.42 Å². The fourth-order valence-corrected chi connectivity index (χ4v) is 5.83.